The highest BCUT2D eigenvalue weighted by molar-refractivity contribution is 5.79. The number of nitrogens with two attached hydrogens (primary N) is 1. The van der Waals surface area contributed by atoms with Crippen LogP contribution in [-0.2, 0) is 4.79 Å². The summed E-state index contributed by atoms with van der Waals surface area (Å²) in [6.07, 6.45) is 3.41. The van der Waals surface area contributed by atoms with Crippen molar-refractivity contribution in [2.24, 2.45) is 17.1 Å². The Labute approximate surface area is 86.4 Å². The predicted octanol–water partition coefficient (Wildman–Crippen LogP) is 1.28. The molecule has 1 aliphatic rings. The van der Waals surface area contributed by atoms with Gasteiger partial charge in [0.1, 0.15) is 0 Å². The summed E-state index contributed by atoms with van der Waals surface area (Å²) < 4.78 is 0. The minimum atomic E-state index is -0.222. The van der Waals surface area contributed by atoms with E-state index in [2.05, 4.69) is 26.1 Å². The van der Waals surface area contributed by atoms with Crippen molar-refractivity contribution in [2.75, 3.05) is 6.54 Å². The van der Waals surface area contributed by atoms with E-state index in [0.29, 0.717) is 0 Å². The summed E-state index contributed by atoms with van der Waals surface area (Å²) in [5.41, 5.74) is 5.50. The second-order valence-electron chi connectivity index (χ2n) is 5.57. The summed E-state index contributed by atoms with van der Waals surface area (Å²) in [6.45, 7) is 7.33. The van der Waals surface area contributed by atoms with E-state index in [1.807, 2.05) is 0 Å². The van der Waals surface area contributed by atoms with E-state index in [4.69, 9.17) is 5.73 Å². The van der Waals surface area contributed by atoms with Gasteiger partial charge in [-0.1, -0.05) is 20.8 Å². The van der Waals surface area contributed by atoms with Gasteiger partial charge < -0.3 is 11.1 Å². The smallest absolute Gasteiger partial charge is 0.234 e. The highest BCUT2D eigenvalue weighted by atomic mass is 16.1. The summed E-state index contributed by atoms with van der Waals surface area (Å²) in [7, 11) is 0. The van der Waals surface area contributed by atoms with Gasteiger partial charge >= 0.3 is 0 Å². The van der Waals surface area contributed by atoms with Crippen LogP contribution in [0.2, 0.25) is 0 Å². The molecule has 0 aromatic heterocycles. The monoisotopic (exact) mass is 198 g/mol. The molecule has 0 radical (unpaired) electrons. The van der Waals surface area contributed by atoms with Crippen molar-refractivity contribution in [3.05, 3.63) is 0 Å². The summed E-state index contributed by atoms with van der Waals surface area (Å²) in [5, 5.41) is 3.26. The average molecular weight is 198 g/mol. The Bertz CT molecular complexity index is 204. The zero-order chi connectivity index (χ0) is 10.8. The lowest BCUT2D eigenvalue weighted by Gasteiger charge is -2.24. The van der Waals surface area contributed by atoms with Gasteiger partial charge in [-0.15, -0.1) is 0 Å². The van der Waals surface area contributed by atoms with Crippen LogP contribution in [0.25, 0.3) is 0 Å². The lowest BCUT2D eigenvalue weighted by Crippen LogP contribution is -2.44. The summed E-state index contributed by atoms with van der Waals surface area (Å²) in [6, 6.07) is -0.157. The normalized spacial score (nSPS) is 19.4. The molecule has 1 atom stereocenters. The quantitative estimate of drug-likeness (QED) is 0.699. The molecule has 1 amide bonds. The van der Waals surface area contributed by atoms with Crippen LogP contribution in [0.3, 0.4) is 0 Å². The fraction of sp³-hybridized carbons (Fsp3) is 0.909. The molecular weight excluding hydrogens is 176 g/mol. The molecule has 0 aromatic carbocycles. The van der Waals surface area contributed by atoms with Crippen molar-refractivity contribution in [2.45, 2.75) is 46.1 Å². The van der Waals surface area contributed by atoms with Gasteiger partial charge in [-0.3, -0.25) is 4.79 Å². The zero-order valence-corrected chi connectivity index (χ0v) is 9.47. The molecule has 0 spiro atoms. The van der Waals surface area contributed by atoms with E-state index >= 15 is 0 Å². The molecule has 14 heavy (non-hydrogen) atoms. The second-order valence-corrected chi connectivity index (χ2v) is 5.57. The van der Waals surface area contributed by atoms with Gasteiger partial charge in [0.25, 0.3) is 0 Å². The van der Waals surface area contributed by atoms with Gasteiger partial charge in [0.15, 0.2) is 0 Å². The minimum absolute atomic E-state index is 0.149. The molecule has 82 valence electrons. The lowest BCUT2D eigenvalue weighted by molar-refractivity contribution is -0.120. The maximum absolute atomic E-state index is 11.2. The fourth-order valence-corrected chi connectivity index (χ4v) is 1.52. The van der Waals surface area contributed by atoms with Crippen LogP contribution in [0.1, 0.15) is 40.0 Å². The lowest BCUT2D eigenvalue weighted by atomic mass is 9.88. The van der Waals surface area contributed by atoms with Gasteiger partial charge in [0.05, 0.1) is 6.04 Å². The second kappa shape index (κ2) is 4.30. The van der Waals surface area contributed by atoms with E-state index in [1.54, 1.807) is 0 Å². The first kappa shape index (κ1) is 11.5. The van der Waals surface area contributed by atoms with E-state index in [1.165, 1.54) is 12.8 Å². The predicted molar refractivity (Wildman–Crippen MR) is 57.8 cm³/mol. The van der Waals surface area contributed by atoms with Crippen molar-refractivity contribution in [1.29, 1.82) is 0 Å². The van der Waals surface area contributed by atoms with Gasteiger partial charge in [-0.25, -0.2) is 0 Å². The molecule has 0 aliphatic heterocycles. The van der Waals surface area contributed by atoms with Crippen LogP contribution in [0.4, 0.5) is 0 Å². The zero-order valence-electron chi connectivity index (χ0n) is 9.47. The van der Waals surface area contributed by atoms with Crippen molar-refractivity contribution in [3.63, 3.8) is 0 Å². The van der Waals surface area contributed by atoms with E-state index in [0.717, 1.165) is 18.9 Å². The van der Waals surface area contributed by atoms with Crippen LogP contribution in [-0.4, -0.2) is 18.5 Å². The van der Waals surface area contributed by atoms with Crippen LogP contribution in [0.5, 0.6) is 0 Å². The molecule has 3 N–H and O–H groups in total. The third-order valence-electron chi connectivity index (χ3n) is 2.51. The average Bonchev–Trinajstić information content (AvgIpc) is 2.78. The van der Waals surface area contributed by atoms with Crippen LogP contribution < -0.4 is 11.1 Å². The SMILES string of the molecule is CC(C)(C)CC(NCC1CC1)C(N)=O. The Morgan fingerprint density at radius 1 is 1.50 bits per heavy atom. The number of hydrogen-bond donors (Lipinski definition) is 2. The minimum Gasteiger partial charge on any atom is -0.368 e. The Kier molecular flexibility index (Phi) is 3.53. The van der Waals surface area contributed by atoms with E-state index in [9.17, 15) is 4.79 Å². The molecular formula is C11H22N2O. The number of amides is 1. The molecule has 1 rings (SSSR count). The first-order valence-electron chi connectivity index (χ1n) is 5.41. The molecule has 0 heterocycles. The number of hydrogen-bond acceptors (Lipinski definition) is 2. The maximum atomic E-state index is 11.2. The first-order chi connectivity index (χ1) is 6.38. The Balaban J connectivity index is 2.33. The van der Waals surface area contributed by atoms with E-state index < -0.39 is 0 Å². The maximum Gasteiger partial charge on any atom is 0.234 e. The van der Waals surface area contributed by atoms with Gasteiger partial charge in [-0.2, -0.15) is 0 Å². The highest BCUT2D eigenvalue weighted by Gasteiger charge is 2.26. The van der Waals surface area contributed by atoms with E-state index in [-0.39, 0.29) is 17.4 Å². The third kappa shape index (κ3) is 4.61. The molecule has 0 bridgehead atoms. The number of carbonyl (C=O) groups excluding carboxylic acids is 1. The van der Waals surface area contributed by atoms with Gasteiger partial charge in [-0.05, 0) is 37.1 Å². The molecule has 1 saturated carbocycles. The standard InChI is InChI=1S/C11H22N2O/c1-11(2,3)6-9(10(12)14)13-7-8-4-5-8/h8-9,13H,4-7H2,1-3H3,(H2,12,14). The van der Waals surface area contributed by atoms with Crippen LogP contribution in [0.15, 0.2) is 0 Å². The molecule has 0 aromatic rings. The van der Waals surface area contributed by atoms with Crippen molar-refractivity contribution >= 4 is 5.91 Å². The highest BCUT2D eigenvalue weighted by Crippen LogP contribution is 2.28. The first-order valence-corrected chi connectivity index (χ1v) is 5.41. The topological polar surface area (TPSA) is 55.1 Å². The van der Waals surface area contributed by atoms with Crippen LogP contribution in [0, 0.1) is 11.3 Å². The van der Waals surface area contributed by atoms with Crippen molar-refractivity contribution in [3.8, 4) is 0 Å². The Hall–Kier alpha value is -0.570. The molecule has 3 heteroatoms. The molecule has 1 unspecified atom stereocenters. The van der Waals surface area contributed by atoms with Crippen molar-refractivity contribution in [1.82, 2.24) is 5.32 Å². The summed E-state index contributed by atoms with van der Waals surface area (Å²) in [4.78, 5) is 11.2. The summed E-state index contributed by atoms with van der Waals surface area (Å²) >= 11 is 0. The van der Waals surface area contributed by atoms with Crippen LogP contribution >= 0.6 is 0 Å². The molecule has 0 saturated heterocycles. The largest absolute Gasteiger partial charge is 0.368 e. The number of primary amides is 1. The number of rotatable bonds is 5. The number of carbonyl (C=O) groups is 1. The molecule has 1 fully saturated rings. The van der Waals surface area contributed by atoms with Gasteiger partial charge in [0.2, 0.25) is 5.91 Å². The van der Waals surface area contributed by atoms with Gasteiger partial charge in [0, 0.05) is 0 Å². The molecule has 3 nitrogen and oxygen atoms in total. The number of nitrogens with one attached hydrogen (secondary N) is 1. The fourth-order valence-electron chi connectivity index (χ4n) is 1.52. The third-order valence-corrected chi connectivity index (χ3v) is 2.51. The Morgan fingerprint density at radius 2 is 2.07 bits per heavy atom. The summed E-state index contributed by atoms with van der Waals surface area (Å²) in [5.74, 6) is 0.567. The Morgan fingerprint density at radius 3 is 2.43 bits per heavy atom. The van der Waals surface area contributed by atoms with Crippen molar-refractivity contribution < 1.29 is 4.79 Å². The molecule has 1 aliphatic carbocycles.